The lowest BCUT2D eigenvalue weighted by atomic mass is 9.87. The van der Waals surface area contributed by atoms with Gasteiger partial charge in [-0.05, 0) is 54.4 Å². The first-order chi connectivity index (χ1) is 12.5. The van der Waals surface area contributed by atoms with Gasteiger partial charge in [-0.2, -0.15) is 0 Å². The minimum Gasteiger partial charge on any atom is -0.547 e. The van der Waals surface area contributed by atoms with Crippen LogP contribution in [0, 0.1) is 0 Å². The molecule has 2 aliphatic carbocycles. The average molecular weight is 359 g/mol. The lowest BCUT2D eigenvalue weighted by Gasteiger charge is -2.18. The van der Waals surface area contributed by atoms with Crippen LogP contribution >= 0.6 is 0 Å². The van der Waals surface area contributed by atoms with E-state index in [2.05, 4.69) is 26.8 Å². The third-order valence-corrected chi connectivity index (χ3v) is 4.93. The summed E-state index contributed by atoms with van der Waals surface area (Å²) in [6.07, 6.45) is 4.80. The van der Waals surface area contributed by atoms with E-state index in [-0.39, 0.29) is 6.47 Å². The summed E-state index contributed by atoms with van der Waals surface area (Å²) >= 11 is 0. The van der Waals surface area contributed by atoms with Crippen molar-refractivity contribution in [1.82, 2.24) is 9.97 Å². The number of hydrogen-bond donors (Lipinski definition) is 2. The van der Waals surface area contributed by atoms with Crippen LogP contribution in [0.1, 0.15) is 48.6 Å². The Morgan fingerprint density at radius 1 is 1.15 bits per heavy atom. The van der Waals surface area contributed by atoms with Crippen molar-refractivity contribution in [1.29, 1.82) is 0 Å². The molecule has 2 aliphatic rings. The van der Waals surface area contributed by atoms with Crippen molar-refractivity contribution in [2.45, 2.75) is 49.9 Å². The highest BCUT2D eigenvalue weighted by Crippen LogP contribution is 2.50. The molecule has 8 nitrogen and oxygen atoms in total. The van der Waals surface area contributed by atoms with Gasteiger partial charge in [0.1, 0.15) is 0 Å². The number of rotatable bonds is 4. The molecule has 0 spiro atoms. The van der Waals surface area contributed by atoms with Crippen LogP contribution in [0.15, 0.2) is 24.5 Å². The summed E-state index contributed by atoms with van der Waals surface area (Å²) in [5.41, 5.74) is 5.26. The minimum atomic E-state index is -2.20. The number of aliphatic carboxylic acids is 1. The van der Waals surface area contributed by atoms with Crippen LogP contribution in [0.3, 0.4) is 0 Å². The molecule has 1 heterocycles. The van der Waals surface area contributed by atoms with E-state index in [1.807, 2.05) is 0 Å². The van der Waals surface area contributed by atoms with Gasteiger partial charge in [0.2, 0.25) is 6.29 Å². The van der Waals surface area contributed by atoms with E-state index in [1.54, 1.807) is 23.5 Å². The summed E-state index contributed by atoms with van der Waals surface area (Å²) in [6, 6.07) is 4.57. The van der Waals surface area contributed by atoms with Crippen LogP contribution in [0.25, 0.3) is 11.0 Å². The molecule has 4 atom stereocenters. The molecule has 0 amide bonds. The molecule has 2 unspecified atom stereocenters. The van der Waals surface area contributed by atoms with Gasteiger partial charge in [0, 0.05) is 12.4 Å². The largest absolute Gasteiger partial charge is 0.547 e. The van der Waals surface area contributed by atoms with E-state index in [0.717, 1.165) is 22.9 Å². The molecule has 0 saturated heterocycles. The smallest absolute Gasteiger partial charge is 0.295 e. The summed E-state index contributed by atoms with van der Waals surface area (Å²) in [6.45, 7) is -0.184. The van der Waals surface area contributed by atoms with E-state index in [0.29, 0.717) is 0 Å². The van der Waals surface area contributed by atoms with Gasteiger partial charge in [-0.1, -0.05) is 6.42 Å². The number of carboxylic acid groups (broad SMARTS) is 1. The zero-order valence-electron chi connectivity index (χ0n) is 13.9. The molecule has 1 aromatic carbocycles. The highest BCUT2D eigenvalue weighted by atomic mass is 16.6. The Kier molecular flexibility index (Phi) is 5.43. The molecule has 26 heavy (non-hydrogen) atoms. The Balaban J connectivity index is 0.000000172. The van der Waals surface area contributed by atoms with Crippen LogP contribution in [-0.4, -0.2) is 45.0 Å². The Bertz CT molecular complexity index is 763. The van der Waals surface area contributed by atoms with Crippen molar-refractivity contribution in [2.24, 2.45) is 0 Å². The number of nitrogens with zero attached hydrogens (tertiary/aromatic N) is 2. The molecule has 0 radical (unpaired) electrons. The van der Waals surface area contributed by atoms with E-state index >= 15 is 0 Å². The van der Waals surface area contributed by atoms with Gasteiger partial charge in [0.15, 0.2) is 6.10 Å². The first kappa shape index (κ1) is 18.2. The van der Waals surface area contributed by atoms with Gasteiger partial charge in [-0.3, -0.25) is 14.8 Å². The Morgan fingerprint density at radius 3 is 2.15 bits per heavy atom. The van der Waals surface area contributed by atoms with Crippen LogP contribution in [0.4, 0.5) is 0 Å². The average Bonchev–Trinajstić information content (AvgIpc) is 2.89. The Hall–Kier alpha value is -2.58. The van der Waals surface area contributed by atoms with Crippen molar-refractivity contribution < 1.29 is 29.6 Å². The van der Waals surface area contributed by atoms with E-state index in [4.69, 9.17) is 10.2 Å². The molecule has 2 aromatic rings. The molecular formula is C18H19N2O6-. The van der Waals surface area contributed by atoms with Gasteiger partial charge in [-0.15, -0.1) is 0 Å². The predicted octanol–water partition coefficient (Wildman–Crippen LogP) is -0.0268. The molecule has 1 aromatic heterocycles. The second-order valence-electron chi connectivity index (χ2n) is 6.47. The lowest BCUT2D eigenvalue weighted by Crippen LogP contribution is -2.44. The van der Waals surface area contributed by atoms with Crippen molar-refractivity contribution in [2.75, 3.05) is 0 Å². The third kappa shape index (κ3) is 3.66. The zero-order chi connectivity index (χ0) is 18.7. The van der Waals surface area contributed by atoms with Crippen LogP contribution in [0.5, 0.6) is 0 Å². The number of fused-ring (bicyclic) bond motifs is 6. The number of aromatic nitrogens is 2. The van der Waals surface area contributed by atoms with Crippen LogP contribution in [-0.2, 0) is 14.3 Å². The molecule has 4 rings (SSSR count). The number of carbonyl (C=O) groups excluding carboxylic acids is 2. The Morgan fingerprint density at radius 2 is 1.69 bits per heavy atom. The molecular weight excluding hydrogens is 340 g/mol. The topological polar surface area (TPSA) is 133 Å². The second-order valence-corrected chi connectivity index (χ2v) is 6.47. The summed E-state index contributed by atoms with van der Waals surface area (Å²) in [4.78, 5) is 28.0. The molecule has 138 valence electrons. The highest BCUT2D eigenvalue weighted by molar-refractivity contribution is 5.77. The third-order valence-electron chi connectivity index (χ3n) is 4.93. The number of ether oxygens (including phenoxy) is 1. The molecule has 1 fully saturated rings. The monoisotopic (exact) mass is 359 g/mol. The van der Waals surface area contributed by atoms with E-state index in [9.17, 15) is 14.7 Å². The van der Waals surface area contributed by atoms with Gasteiger partial charge in [-0.25, -0.2) is 0 Å². The lowest BCUT2D eigenvalue weighted by molar-refractivity contribution is -0.323. The number of carboxylic acids is 1. The number of hydrogen-bond acceptors (Lipinski definition) is 8. The van der Waals surface area contributed by atoms with Gasteiger partial charge in [0.25, 0.3) is 6.47 Å². The maximum Gasteiger partial charge on any atom is 0.295 e. The SMILES string of the molecule is O=CO[C@H](O)[C@@H](O)C(=O)[O-].c1cnc2cc3c(cc2n1)C1CCCC3C1. The summed E-state index contributed by atoms with van der Waals surface area (Å²) in [7, 11) is 0. The maximum atomic E-state index is 9.70. The number of aliphatic hydroxyl groups is 2. The van der Waals surface area contributed by atoms with E-state index < -0.39 is 18.4 Å². The first-order valence-corrected chi connectivity index (χ1v) is 8.42. The van der Waals surface area contributed by atoms with Gasteiger partial charge < -0.3 is 24.9 Å². The molecule has 2 N–H and O–H groups in total. The number of benzene rings is 1. The molecule has 1 saturated carbocycles. The minimum absolute atomic E-state index is 0.184. The fourth-order valence-electron chi connectivity index (χ4n) is 3.75. The van der Waals surface area contributed by atoms with Crippen LogP contribution < -0.4 is 5.11 Å². The maximum absolute atomic E-state index is 9.70. The second kappa shape index (κ2) is 7.76. The fourth-order valence-corrected chi connectivity index (χ4v) is 3.75. The standard InChI is InChI=1S/C14H14N2.C4H6O6/c1-2-9-6-10(3-1)12-8-14-13(7-11(9)12)15-4-5-16-14;5-1-10-4(9)2(6)3(7)8/h4-5,7-10H,1-3,6H2;1-2,4,6,9H,(H,7,8)/p-1/t;2-,4-/m.0/s1. The van der Waals surface area contributed by atoms with Gasteiger partial charge >= 0.3 is 0 Å². The number of aliphatic hydroxyl groups excluding tert-OH is 2. The van der Waals surface area contributed by atoms with Crippen molar-refractivity contribution in [3.05, 3.63) is 35.7 Å². The van der Waals surface area contributed by atoms with E-state index in [1.165, 1.54) is 25.7 Å². The predicted molar refractivity (Wildman–Crippen MR) is 87.7 cm³/mol. The fraction of sp³-hybridized carbons (Fsp3) is 0.444. The highest BCUT2D eigenvalue weighted by Gasteiger charge is 2.34. The number of carbonyl (C=O) groups is 2. The first-order valence-electron chi connectivity index (χ1n) is 8.42. The van der Waals surface area contributed by atoms with Gasteiger partial charge in [0.05, 0.1) is 17.0 Å². The molecule has 8 heteroatoms. The normalized spacial score (nSPS) is 22.5. The van der Waals surface area contributed by atoms with Crippen molar-refractivity contribution in [3.63, 3.8) is 0 Å². The van der Waals surface area contributed by atoms with Crippen molar-refractivity contribution >= 4 is 23.5 Å². The van der Waals surface area contributed by atoms with Crippen LogP contribution in [0.2, 0.25) is 0 Å². The molecule has 0 aliphatic heterocycles. The summed E-state index contributed by atoms with van der Waals surface area (Å²) < 4.78 is 3.67. The summed E-state index contributed by atoms with van der Waals surface area (Å²) in [5, 5.41) is 26.4. The Labute approximate surface area is 149 Å². The zero-order valence-corrected chi connectivity index (χ0v) is 13.9. The quantitative estimate of drug-likeness (QED) is 0.574. The molecule has 2 bridgehead atoms. The summed E-state index contributed by atoms with van der Waals surface area (Å²) in [5.74, 6) is -0.297. The van der Waals surface area contributed by atoms with Crippen molar-refractivity contribution in [3.8, 4) is 0 Å².